The molecule has 8 bridgehead atoms. The summed E-state index contributed by atoms with van der Waals surface area (Å²) in [5.74, 6) is 0.944. The maximum atomic E-state index is 7.68. The molecule has 6 saturated heterocycles. The molecule has 0 radical (unpaired) electrons. The predicted molar refractivity (Wildman–Crippen MR) is 207 cm³/mol. The van der Waals surface area contributed by atoms with Crippen molar-refractivity contribution in [1.82, 2.24) is 0 Å². The van der Waals surface area contributed by atoms with Crippen LogP contribution in [0.1, 0.15) is 96.9 Å². The molecule has 0 spiro atoms. The Bertz CT molecular complexity index is 1080. The van der Waals surface area contributed by atoms with E-state index in [4.69, 9.17) is 47.4 Å². The first kappa shape index (κ1) is 42.5. The van der Waals surface area contributed by atoms with E-state index >= 15 is 0 Å². The molecular weight excluding hydrogens is 822 g/mol. The van der Waals surface area contributed by atoms with Gasteiger partial charge in [-0.15, -0.1) is 0 Å². The van der Waals surface area contributed by atoms with Crippen molar-refractivity contribution in [3.05, 3.63) is 11.5 Å². The Balaban J connectivity index is 1.95. The van der Waals surface area contributed by atoms with Crippen molar-refractivity contribution < 1.29 is 47.4 Å². The quantitative estimate of drug-likeness (QED) is 0.148. The van der Waals surface area contributed by atoms with Crippen LogP contribution < -0.4 is 0 Å². The van der Waals surface area contributed by atoms with E-state index in [1.165, 1.54) is 0 Å². The Morgan fingerprint density at radius 3 is 0.660 bits per heavy atom. The van der Waals surface area contributed by atoms with Crippen LogP contribution in [0.2, 0.25) is 42.3 Å². The van der Waals surface area contributed by atoms with E-state index in [0.717, 1.165) is 0 Å². The normalized spacial score (nSPS) is 43.0. The van der Waals surface area contributed by atoms with E-state index in [9.17, 15) is 0 Å². The molecule has 290 valence electrons. The summed E-state index contributed by atoms with van der Waals surface area (Å²) in [5.41, 5.74) is 0. The summed E-state index contributed by atoms with van der Waals surface area (Å²) in [5, 5.41) is 0. The molecule has 0 atom stereocenters. The molecule has 0 unspecified atom stereocenters. The van der Waals surface area contributed by atoms with Crippen LogP contribution in [0.5, 0.6) is 0 Å². The Morgan fingerprint density at radius 1 is 0.340 bits per heavy atom. The van der Waals surface area contributed by atoms with Gasteiger partial charge < -0.3 is 0 Å². The molecule has 0 amide bonds. The van der Waals surface area contributed by atoms with Crippen molar-refractivity contribution in [3.8, 4) is 0 Å². The molecule has 0 aromatic rings. The molecule has 6 rings (SSSR count). The van der Waals surface area contributed by atoms with E-state index in [2.05, 4.69) is 104 Å². The van der Waals surface area contributed by atoms with Gasteiger partial charge in [-0.1, -0.05) is 0 Å². The fourth-order valence-electron chi connectivity index (χ4n) is 7.78. The summed E-state index contributed by atoms with van der Waals surface area (Å²) < 4.78 is 91.3. The second-order valence-electron chi connectivity index (χ2n) is 18.0. The first-order chi connectivity index (χ1) is 23.0. The summed E-state index contributed by atoms with van der Waals surface area (Å²) in [6, 6.07) is 3.40. The predicted octanol–water partition coefficient (Wildman–Crippen LogP) is 8.08. The van der Waals surface area contributed by atoms with Crippen LogP contribution in [0.25, 0.3) is 0 Å². The van der Waals surface area contributed by atoms with Crippen molar-refractivity contribution in [2.45, 2.75) is 139 Å². The SMILES string of the molecule is C=[CH][Ge]12[O][Si]3(CC(C)C)O[Si]4(CC(C)C)O[Si]5(CC(C)C)O[Si](CC(C)C)(O3)O[Si](CC(C)C)(O[Si](CC(C)C)(O5)O[Si](CC(C)C)(O4)[O]1)[O]2. The van der Waals surface area contributed by atoms with Gasteiger partial charge >= 0.3 is 315 Å². The Kier molecular flexibility index (Phi) is 12.7. The summed E-state index contributed by atoms with van der Waals surface area (Å²) in [6.45, 7) is 34.5. The third kappa shape index (κ3) is 9.29. The Labute approximate surface area is 313 Å². The molecule has 0 N–H and O–H groups in total. The van der Waals surface area contributed by atoms with Crippen molar-refractivity contribution in [2.24, 2.45) is 41.4 Å². The third-order valence-corrected chi connectivity index (χ3v) is 54.2. The molecule has 0 aliphatic carbocycles. The van der Waals surface area contributed by atoms with Crippen molar-refractivity contribution >= 4 is 75.9 Å². The van der Waals surface area contributed by atoms with Gasteiger partial charge in [-0.2, -0.15) is 0 Å². The molecular formula is C30H66GeO12Si7. The Hall–Kier alpha value is 1.32. The maximum absolute atomic E-state index is 7.68. The Morgan fingerprint density at radius 2 is 0.500 bits per heavy atom. The molecule has 20 heteroatoms. The van der Waals surface area contributed by atoms with E-state index in [0.29, 0.717) is 42.3 Å². The van der Waals surface area contributed by atoms with Gasteiger partial charge in [0.2, 0.25) is 0 Å². The topological polar surface area (TPSA) is 111 Å². The van der Waals surface area contributed by atoms with Gasteiger partial charge in [0, 0.05) is 0 Å². The second-order valence-corrected chi connectivity index (χ2v) is 45.6. The van der Waals surface area contributed by atoms with Gasteiger partial charge in [0.1, 0.15) is 0 Å². The van der Waals surface area contributed by atoms with Gasteiger partial charge in [-0.3, -0.25) is 0 Å². The fraction of sp³-hybridized carbons (Fsp3) is 0.933. The first-order valence-corrected chi connectivity index (χ1v) is 36.3. The molecule has 12 nitrogen and oxygen atoms in total. The second kappa shape index (κ2) is 15.0. The van der Waals surface area contributed by atoms with Crippen molar-refractivity contribution in [2.75, 3.05) is 0 Å². The monoisotopic (exact) mass is 888 g/mol. The molecule has 50 heavy (non-hydrogen) atoms. The molecule has 0 aromatic carbocycles. The van der Waals surface area contributed by atoms with Crippen LogP contribution in [-0.2, 0) is 47.4 Å². The van der Waals surface area contributed by atoms with E-state index < -0.39 is 75.9 Å². The summed E-state index contributed by atoms with van der Waals surface area (Å²) in [6.07, 6.45) is 0. The standard InChI is InChI=1S/C30H66GeO12Si7/c1-16-31-32-44(17-24(2)3)35-47(20-27(8)9)37-45(33-31,18-25(4)5)39-49(22-29(12)13)40-46(34-31,19-26(6)7)38-48(36-44,21-28(10)11)42-50(41-47,43-49)23-30(14)15/h16,24-30H,1,17-23H2,2-15H3. The third-order valence-electron chi connectivity index (χ3n) is 8.55. The van der Waals surface area contributed by atoms with E-state index in [-0.39, 0.29) is 41.4 Å². The number of hydrogen-bond acceptors (Lipinski definition) is 12. The van der Waals surface area contributed by atoms with Crippen LogP contribution in [0.4, 0.5) is 0 Å². The fourth-order valence-corrected chi connectivity index (χ4v) is 67.7. The van der Waals surface area contributed by atoms with Gasteiger partial charge in [0.15, 0.2) is 0 Å². The van der Waals surface area contributed by atoms with E-state index in [1.54, 1.807) is 4.91 Å². The van der Waals surface area contributed by atoms with Crippen molar-refractivity contribution in [3.63, 3.8) is 0 Å². The number of hydrogen-bond donors (Lipinski definition) is 0. The van der Waals surface area contributed by atoms with Crippen molar-refractivity contribution in [1.29, 1.82) is 0 Å². The summed E-state index contributed by atoms with van der Waals surface area (Å²) in [4.78, 5) is 1.74. The van der Waals surface area contributed by atoms with E-state index in [1.807, 2.05) is 0 Å². The molecule has 6 fully saturated rings. The van der Waals surface area contributed by atoms with Gasteiger partial charge in [-0.05, 0) is 0 Å². The first-order valence-electron chi connectivity index (χ1n) is 19.0. The molecule has 6 aliphatic rings. The summed E-state index contributed by atoms with van der Waals surface area (Å²) >= 11 is -4.74. The van der Waals surface area contributed by atoms with Crippen LogP contribution >= 0.6 is 0 Å². The van der Waals surface area contributed by atoms with Crippen LogP contribution in [0.15, 0.2) is 11.5 Å². The minimum absolute atomic E-state index is 0.130. The van der Waals surface area contributed by atoms with Gasteiger partial charge in [0.05, 0.1) is 0 Å². The molecule has 6 heterocycles. The number of rotatable bonds is 15. The average molecular weight is 888 g/mol. The molecule has 0 aromatic heterocycles. The van der Waals surface area contributed by atoms with Gasteiger partial charge in [0.25, 0.3) is 0 Å². The molecule has 0 saturated carbocycles. The van der Waals surface area contributed by atoms with Crippen LogP contribution in [0, 0.1) is 41.4 Å². The zero-order chi connectivity index (χ0) is 37.2. The average Bonchev–Trinajstić information content (AvgIpc) is 2.80. The zero-order valence-corrected chi connectivity index (χ0v) is 42.3. The summed E-state index contributed by atoms with van der Waals surface area (Å²) in [7, 11) is -27.0. The molecule has 6 aliphatic heterocycles. The zero-order valence-electron chi connectivity index (χ0n) is 33.2. The van der Waals surface area contributed by atoms with Crippen LogP contribution in [-0.4, -0.2) is 75.9 Å². The van der Waals surface area contributed by atoms with Crippen LogP contribution in [0.3, 0.4) is 0 Å². The minimum atomic E-state index is -4.74. The van der Waals surface area contributed by atoms with Gasteiger partial charge in [-0.25, -0.2) is 0 Å².